The Kier molecular flexibility index (Phi) is 5.52. The van der Waals surface area contributed by atoms with E-state index in [-0.39, 0.29) is 12.4 Å². The van der Waals surface area contributed by atoms with Crippen LogP contribution in [0.25, 0.3) is 0 Å². The van der Waals surface area contributed by atoms with Gasteiger partial charge in [-0.25, -0.2) is 4.79 Å². The number of ketones is 1. The summed E-state index contributed by atoms with van der Waals surface area (Å²) in [5.41, 5.74) is 2.56. The first kappa shape index (κ1) is 16.7. The summed E-state index contributed by atoms with van der Waals surface area (Å²) in [5, 5.41) is 0. The average Bonchev–Trinajstić information content (AvgIpc) is 2.54. The highest BCUT2D eigenvalue weighted by molar-refractivity contribution is 5.95. The summed E-state index contributed by atoms with van der Waals surface area (Å²) in [6.45, 7) is 5.50. The van der Waals surface area contributed by atoms with Crippen LogP contribution in [0.3, 0.4) is 0 Å². The van der Waals surface area contributed by atoms with Crippen LogP contribution in [0.4, 0.5) is 0 Å². The number of aryl methyl sites for hydroxylation is 2. The Morgan fingerprint density at radius 3 is 2.13 bits per heavy atom. The highest BCUT2D eigenvalue weighted by Gasteiger charge is 2.10. The molecule has 2 aromatic rings. The van der Waals surface area contributed by atoms with Gasteiger partial charge in [-0.2, -0.15) is 0 Å². The van der Waals surface area contributed by atoms with Gasteiger partial charge in [-0.15, -0.1) is 0 Å². The van der Waals surface area contributed by atoms with Crippen LogP contribution < -0.4 is 9.47 Å². The lowest BCUT2D eigenvalue weighted by Gasteiger charge is -2.11. The maximum Gasteiger partial charge on any atom is 0.349 e. The largest absolute Gasteiger partial charge is 0.481 e. The van der Waals surface area contributed by atoms with Gasteiger partial charge in [-0.05, 0) is 49.2 Å². The summed E-state index contributed by atoms with van der Waals surface area (Å²) in [6, 6.07) is 12.3. The molecule has 0 aliphatic rings. The second-order valence-corrected chi connectivity index (χ2v) is 5.28. The third kappa shape index (κ3) is 4.42. The average molecular weight is 312 g/mol. The van der Waals surface area contributed by atoms with E-state index in [1.807, 2.05) is 32.0 Å². The van der Waals surface area contributed by atoms with E-state index in [9.17, 15) is 9.59 Å². The number of ether oxygens (including phenoxy) is 2. The molecule has 0 N–H and O–H groups in total. The number of hydrogen-bond acceptors (Lipinski definition) is 4. The normalized spacial score (nSPS) is 10.2. The van der Waals surface area contributed by atoms with Gasteiger partial charge in [-0.3, -0.25) is 4.79 Å². The van der Waals surface area contributed by atoms with Gasteiger partial charge in [0, 0.05) is 12.0 Å². The van der Waals surface area contributed by atoms with Crippen LogP contribution in [0.2, 0.25) is 0 Å². The van der Waals surface area contributed by atoms with Crippen molar-refractivity contribution in [2.75, 3.05) is 6.61 Å². The smallest absolute Gasteiger partial charge is 0.349 e. The zero-order valence-electron chi connectivity index (χ0n) is 13.6. The van der Waals surface area contributed by atoms with Gasteiger partial charge in [0.25, 0.3) is 0 Å². The number of Topliss-reactive ketones (excluding diaryl/α,β-unsaturated/α-hetero) is 1. The molecule has 23 heavy (non-hydrogen) atoms. The SMILES string of the molecule is CCC(=O)c1ccc(OC(=O)COc2c(C)cccc2C)cc1. The minimum atomic E-state index is -0.484. The first-order chi connectivity index (χ1) is 11.0. The Hall–Kier alpha value is -2.62. The van der Waals surface area contributed by atoms with Gasteiger partial charge in [-0.1, -0.05) is 25.1 Å². The molecule has 0 unspecified atom stereocenters. The fraction of sp³-hybridized carbons (Fsp3) is 0.263. The molecule has 0 aliphatic heterocycles. The summed E-state index contributed by atoms with van der Waals surface area (Å²) in [7, 11) is 0. The molecule has 2 rings (SSSR count). The van der Waals surface area contributed by atoms with Gasteiger partial charge >= 0.3 is 5.97 Å². The highest BCUT2D eigenvalue weighted by atomic mass is 16.6. The summed E-state index contributed by atoms with van der Waals surface area (Å²) >= 11 is 0. The second-order valence-electron chi connectivity index (χ2n) is 5.28. The maximum absolute atomic E-state index is 11.9. The van der Waals surface area contributed by atoms with Crippen molar-refractivity contribution in [2.24, 2.45) is 0 Å². The van der Waals surface area contributed by atoms with Crippen molar-refractivity contribution in [2.45, 2.75) is 27.2 Å². The van der Waals surface area contributed by atoms with Crippen molar-refractivity contribution in [3.8, 4) is 11.5 Å². The maximum atomic E-state index is 11.9. The van der Waals surface area contributed by atoms with Crippen molar-refractivity contribution in [3.63, 3.8) is 0 Å². The molecule has 0 spiro atoms. The number of carbonyl (C=O) groups is 2. The van der Waals surface area contributed by atoms with Crippen molar-refractivity contribution < 1.29 is 19.1 Å². The van der Waals surface area contributed by atoms with E-state index in [4.69, 9.17) is 9.47 Å². The molecule has 0 saturated carbocycles. The van der Waals surface area contributed by atoms with Crippen LogP contribution in [-0.2, 0) is 4.79 Å². The Bertz CT molecular complexity index is 682. The molecular formula is C19H20O4. The predicted octanol–water partition coefficient (Wildman–Crippen LogP) is 3.88. The molecule has 0 radical (unpaired) electrons. The van der Waals surface area contributed by atoms with Gasteiger partial charge in [0.15, 0.2) is 12.4 Å². The van der Waals surface area contributed by atoms with E-state index in [2.05, 4.69) is 0 Å². The molecule has 0 heterocycles. The molecule has 0 saturated heterocycles. The zero-order chi connectivity index (χ0) is 16.8. The van der Waals surface area contributed by atoms with E-state index in [0.29, 0.717) is 23.5 Å². The molecule has 0 atom stereocenters. The van der Waals surface area contributed by atoms with Crippen LogP contribution in [0.5, 0.6) is 11.5 Å². The Balaban J connectivity index is 1.93. The molecule has 0 bridgehead atoms. The molecule has 0 aliphatic carbocycles. The molecule has 4 heteroatoms. The quantitative estimate of drug-likeness (QED) is 0.461. The summed E-state index contributed by atoms with van der Waals surface area (Å²) in [4.78, 5) is 23.4. The molecule has 0 aromatic heterocycles. The summed E-state index contributed by atoms with van der Waals surface area (Å²) < 4.78 is 10.8. The van der Waals surface area contributed by atoms with E-state index < -0.39 is 5.97 Å². The number of carbonyl (C=O) groups excluding carboxylic acids is 2. The van der Waals surface area contributed by atoms with Crippen molar-refractivity contribution in [1.29, 1.82) is 0 Å². The number of para-hydroxylation sites is 1. The van der Waals surface area contributed by atoms with Crippen LogP contribution in [0, 0.1) is 13.8 Å². The third-order valence-corrected chi connectivity index (χ3v) is 3.47. The van der Waals surface area contributed by atoms with Gasteiger partial charge < -0.3 is 9.47 Å². The highest BCUT2D eigenvalue weighted by Crippen LogP contribution is 2.22. The number of hydrogen-bond donors (Lipinski definition) is 0. The van der Waals surface area contributed by atoms with Crippen LogP contribution in [0.15, 0.2) is 42.5 Å². The minimum absolute atomic E-state index is 0.0567. The van der Waals surface area contributed by atoms with Gasteiger partial charge in [0.1, 0.15) is 11.5 Å². The number of rotatable bonds is 6. The van der Waals surface area contributed by atoms with Crippen LogP contribution in [0.1, 0.15) is 34.8 Å². The van der Waals surface area contributed by atoms with Gasteiger partial charge in [0.2, 0.25) is 0 Å². The fourth-order valence-corrected chi connectivity index (χ4v) is 2.23. The number of benzene rings is 2. The topological polar surface area (TPSA) is 52.6 Å². The first-order valence-electron chi connectivity index (χ1n) is 7.54. The van der Waals surface area contributed by atoms with E-state index in [0.717, 1.165) is 11.1 Å². The number of esters is 1. The molecule has 0 fully saturated rings. The minimum Gasteiger partial charge on any atom is -0.481 e. The Morgan fingerprint density at radius 2 is 1.57 bits per heavy atom. The first-order valence-corrected chi connectivity index (χ1v) is 7.54. The predicted molar refractivity (Wildman–Crippen MR) is 88.1 cm³/mol. The lowest BCUT2D eigenvalue weighted by Crippen LogP contribution is -2.18. The Morgan fingerprint density at radius 1 is 0.957 bits per heavy atom. The summed E-state index contributed by atoms with van der Waals surface area (Å²) in [6.07, 6.45) is 0.447. The lowest BCUT2D eigenvalue weighted by atomic mass is 10.1. The molecule has 0 amide bonds. The third-order valence-electron chi connectivity index (χ3n) is 3.47. The Labute approximate surface area is 136 Å². The van der Waals surface area contributed by atoms with Crippen molar-refractivity contribution in [3.05, 3.63) is 59.2 Å². The molecule has 2 aromatic carbocycles. The zero-order valence-corrected chi connectivity index (χ0v) is 13.6. The van der Waals surface area contributed by atoms with E-state index in [1.165, 1.54) is 0 Å². The monoisotopic (exact) mass is 312 g/mol. The fourth-order valence-electron chi connectivity index (χ4n) is 2.23. The molecule has 120 valence electrons. The van der Waals surface area contributed by atoms with Crippen molar-refractivity contribution >= 4 is 11.8 Å². The van der Waals surface area contributed by atoms with E-state index >= 15 is 0 Å². The molecular weight excluding hydrogens is 292 g/mol. The lowest BCUT2D eigenvalue weighted by molar-refractivity contribution is -0.136. The molecule has 4 nitrogen and oxygen atoms in total. The standard InChI is InChI=1S/C19H20O4/c1-4-17(20)15-8-10-16(11-9-15)23-18(21)12-22-19-13(2)6-5-7-14(19)3/h5-11H,4,12H2,1-3H3. The van der Waals surface area contributed by atoms with Crippen molar-refractivity contribution in [1.82, 2.24) is 0 Å². The van der Waals surface area contributed by atoms with Crippen LogP contribution in [-0.4, -0.2) is 18.4 Å². The van der Waals surface area contributed by atoms with Crippen LogP contribution >= 0.6 is 0 Å². The second kappa shape index (κ2) is 7.58. The van der Waals surface area contributed by atoms with E-state index in [1.54, 1.807) is 31.2 Å². The van der Waals surface area contributed by atoms with Gasteiger partial charge in [0.05, 0.1) is 0 Å². The summed E-state index contributed by atoms with van der Waals surface area (Å²) in [5.74, 6) is 0.671.